The number of amides is 1. The lowest BCUT2D eigenvalue weighted by atomic mass is 10.3. The summed E-state index contributed by atoms with van der Waals surface area (Å²) in [4.78, 5) is 12.2. The van der Waals surface area contributed by atoms with E-state index in [1.54, 1.807) is 50.4 Å². The Morgan fingerprint density at radius 3 is 2.45 bits per heavy atom. The van der Waals surface area contributed by atoms with E-state index in [4.69, 9.17) is 32.7 Å². The largest absolute Gasteiger partial charge is 0.493 e. The smallest absolute Gasteiger partial charge is 0.265 e. The lowest BCUT2D eigenvalue weighted by molar-refractivity contribution is -0.122. The van der Waals surface area contributed by atoms with Gasteiger partial charge in [-0.1, -0.05) is 35.3 Å². The molecule has 2 aromatic carbocycles. The summed E-state index contributed by atoms with van der Waals surface area (Å²) >= 11 is 11.8. The highest BCUT2D eigenvalue weighted by Gasteiger charge is 2.17. The van der Waals surface area contributed by atoms with Crippen LogP contribution in [0.1, 0.15) is 6.92 Å². The second-order valence-electron chi connectivity index (χ2n) is 4.52. The van der Waals surface area contributed by atoms with Gasteiger partial charge in [-0.3, -0.25) is 4.79 Å². The summed E-state index contributed by atoms with van der Waals surface area (Å²) in [5.74, 6) is 0.733. The number of ether oxygens (including phenoxy) is 2. The predicted octanol–water partition coefficient (Wildman–Crippen LogP) is 4.41. The van der Waals surface area contributed by atoms with Gasteiger partial charge in [0.15, 0.2) is 17.6 Å². The second-order valence-corrected chi connectivity index (χ2v) is 5.37. The van der Waals surface area contributed by atoms with Crippen LogP contribution in [0.25, 0.3) is 0 Å². The molecule has 116 valence electrons. The van der Waals surface area contributed by atoms with Crippen LogP contribution < -0.4 is 14.8 Å². The molecule has 0 heterocycles. The molecule has 0 saturated carbocycles. The van der Waals surface area contributed by atoms with E-state index in [0.717, 1.165) is 0 Å². The van der Waals surface area contributed by atoms with Gasteiger partial charge in [0.2, 0.25) is 0 Å². The van der Waals surface area contributed by atoms with E-state index >= 15 is 0 Å². The monoisotopic (exact) mass is 339 g/mol. The van der Waals surface area contributed by atoms with Crippen molar-refractivity contribution in [1.82, 2.24) is 0 Å². The highest BCUT2D eigenvalue weighted by Crippen LogP contribution is 2.28. The average Bonchev–Trinajstić information content (AvgIpc) is 2.50. The van der Waals surface area contributed by atoms with Gasteiger partial charge >= 0.3 is 0 Å². The molecule has 2 rings (SSSR count). The van der Waals surface area contributed by atoms with Gasteiger partial charge in [0.05, 0.1) is 17.8 Å². The van der Waals surface area contributed by atoms with E-state index in [1.807, 2.05) is 6.07 Å². The number of benzene rings is 2. The Kier molecular flexibility index (Phi) is 5.52. The van der Waals surface area contributed by atoms with Gasteiger partial charge in [0, 0.05) is 5.02 Å². The van der Waals surface area contributed by atoms with Gasteiger partial charge in [-0.2, -0.15) is 0 Å². The molecular formula is C16H15Cl2NO3. The van der Waals surface area contributed by atoms with Crippen LogP contribution in [-0.2, 0) is 4.79 Å². The number of para-hydroxylation sites is 2. The van der Waals surface area contributed by atoms with Gasteiger partial charge in [-0.25, -0.2) is 0 Å². The molecular weight excluding hydrogens is 325 g/mol. The molecule has 0 aliphatic rings. The lowest BCUT2D eigenvalue weighted by Crippen LogP contribution is -2.30. The van der Waals surface area contributed by atoms with E-state index in [1.165, 1.54) is 0 Å². The number of methoxy groups -OCH3 is 1. The molecule has 0 aliphatic heterocycles. The van der Waals surface area contributed by atoms with Crippen molar-refractivity contribution in [2.45, 2.75) is 13.0 Å². The molecule has 1 atom stereocenters. The maximum atomic E-state index is 12.2. The van der Waals surface area contributed by atoms with E-state index in [0.29, 0.717) is 27.2 Å². The van der Waals surface area contributed by atoms with E-state index < -0.39 is 6.10 Å². The minimum absolute atomic E-state index is 0.324. The number of halogens is 2. The number of hydrogen-bond donors (Lipinski definition) is 1. The standard InChI is InChI=1S/C16H15Cl2NO3/c1-10(22-15-6-4-3-5-14(15)21-2)16(20)19-13-8-7-11(17)9-12(13)18/h3-10H,1-2H3,(H,19,20). The van der Waals surface area contributed by atoms with Crippen molar-refractivity contribution < 1.29 is 14.3 Å². The van der Waals surface area contributed by atoms with Crippen molar-refractivity contribution in [3.63, 3.8) is 0 Å². The van der Waals surface area contributed by atoms with Crippen LogP contribution in [0.5, 0.6) is 11.5 Å². The average molecular weight is 340 g/mol. The zero-order valence-corrected chi connectivity index (χ0v) is 13.6. The Morgan fingerprint density at radius 2 is 1.82 bits per heavy atom. The van der Waals surface area contributed by atoms with Gasteiger partial charge in [0.25, 0.3) is 5.91 Å². The fraction of sp³-hybridized carbons (Fsp3) is 0.188. The molecule has 1 N–H and O–H groups in total. The van der Waals surface area contributed by atoms with Crippen LogP contribution >= 0.6 is 23.2 Å². The maximum absolute atomic E-state index is 12.2. The van der Waals surface area contributed by atoms with Crippen molar-refractivity contribution >= 4 is 34.8 Å². The quantitative estimate of drug-likeness (QED) is 0.877. The molecule has 2 aromatic rings. The first-order valence-electron chi connectivity index (χ1n) is 6.57. The molecule has 0 aromatic heterocycles. The summed E-state index contributed by atoms with van der Waals surface area (Å²) in [6.07, 6.45) is -0.719. The molecule has 0 bridgehead atoms. The second kappa shape index (κ2) is 7.38. The zero-order chi connectivity index (χ0) is 16.1. The van der Waals surface area contributed by atoms with Crippen LogP contribution in [0, 0.1) is 0 Å². The van der Waals surface area contributed by atoms with Crippen molar-refractivity contribution in [2.75, 3.05) is 12.4 Å². The zero-order valence-electron chi connectivity index (χ0n) is 12.1. The maximum Gasteiger partial charge on any atom is 0.265 e. The van der Waals surface area contributed by atoms with E-state index in [-0.39, 0.29) is 5.91 Å². The van der Waals surface area contributed by atoms with Gasteiger partial charge in [0.1, 0.15) is 0 Å². The summed E-state index contributed by atoms with van der Waals surface area (Å²) in [7, 11) is 1.54. The van der Waals surface area contributed by atoms with Crippen LogP contribution in [0.4, 0.5) is 5.69 Å². The third-order valence-corrected chi connectivity index (χ3v) is 3.48. The summed E-state index contributed by atoms with van der Waals surface area (Å²) in [5, 5.41) is 3.57. The van der Waals surface area contributed by atoms with Crippen molar-refractivity contribution in [2.24, 2.45) is 0 Å². The molecule has 0 spiro atoms. The topological polar surface area (TPSA) is 47.6 Å². The van der Waals surface area contributed by atoms with E-state index in [2.05, 4.69) is 5.32 Å². The summed E-state index contributed by atoms with van der Waals surface area (Å²) in [6.45, 7) is 1.64. The fourth-order valence-electron chi connectivity index (χ4n) is 1.79. The summed E-state index contributed by atoms with van der Waals surface area (Å²) < 4.78 is 10.8. The van der Waals surface area contributed by atoms with Crippen molar-refractivity contribution in [1.29, 1.82) is 0 Å². The molecule has 1 amide bonds. The SMILES string of the molecule is COc1ccccc1OC(C)C(=O)Nc1ccc(Cl)cc1Cl. The first-order valence-corrected chi connectivity index (χ1v) is 7.32. The normalized spacial score (nSPS) is 11.6. The molecule has 6 heteroatoms. The van der Waals surface area contributed by atoms with Gasteiger partial charge in [-0.15, -0.1) is 0 Å². The number of carbonyl (C=O) groups is 1. The van der Waals surface area contributed by atoms with E-state index in [9.17, 15) is 4.79 Å². The Hall–Kier alpha value is -1.91. The highest BCUT2D eigenvalue weighted by molar-refractivity contribution is 6.36. The molecule has 0 radical (unpaired) electrons. The summed E-state index contributed by atoms with van der Waals surface area (Å²) in [6, 6.07) is 12.0. The Morgan fingerprint density at radius 1 is 1.14 bits per heavy atom. The van der Waals surface area contributed by atoms with Crippen LogP contribution in [0.15, 0.2) is 42.5 Å². The lowest BCUT2D eigenvalue weighted by Gasteiger charge is -2.17. The van der Waals surface area contributed by atoms with Gasteiger partial charge in [-0.05, 0) is 37.3 Å². The molecule has 4 nitrogen and oxygen atoms in total. The molecule has 0 fully saturated rings. The molecule has 0 saturated heterocycles. The molecule has 1 unspecified atom stereocenters. The third-order valence-electron chi connectivity index (χ3n) is 2.93. The highest BCUT2D eigenvalue weighted by atomic mass is 35.5. The Bertz CT molecular complexity index is 676. The first-order chi connectivity index (χ1) is 10.5. The van der Waals surface area contributed by atoms with Gasteiger partial charge < -0.3 is 14.8 Å². The molecule has 22 heavy (non-hydrogen) atoms. The van der Waals surface area contributed by atoms with Crippen molar-refractivity contribution in [3.05, 3.63) is 52.5 Å². The van der Waals surface area contributed by atoms with Crippen LogP contribution in [0.2, 0.25) is 10.0 Å². The van der Waals surface area contributed by atoms with Crippen molar-refractivity contribution in [3.8, 4) is 11.5 Å². The fourth-order valence-corrected chi connectivity index (χ4v) is 2.24. The number of rotatable bonds is 5. The minimum Gasteiger partial charge on any atom is -0.493 e. The van der Waals surface area contributed by atoms with Crippen LogP contribution in [-0.4, -0.2) is 19.1 Å². The first kappa shape index (κ1) is 16.5. The Balaban J connectivity index is 2.06. The van der Waals surface area contributed by atoms with Crippen LogP contribution in [0.3, 0.4) is 0 Å². The third kappa shape index (κ3) is 4.06. The number of hydrogen-bond acceptors (Lipinski definition) is 3. The Labute approximate surface area is 138 Å². The number of nitrogens with one attached hydrogen (secondary N) is 1. The predicted molar refractivity (Wildman–Crippen MR) is 88.2 cm³/mol. The minimum atomic E-state index is -0.719. The summed E-state index contributed by atoms with van der Waals surface area (Å²) in [5.41, 5.74) is 0.478. The number of anilines is 1. The molecule has 0 aliphatic carbocycles. The number of carbonyl (C=O) groups excluding carboxylic acids is 1.